The summed E-state index contributed by atoms with van der Waals surface area (Å²) < 4.78 is 5.61. The number of anilines is 1. The maximum atomic E-state index is 12.1. The Morgan fingerprint density at radius 2 is 1.96 bits per heavy atom. The second-order valence-electron chi connectivity index (χ2n) is 6.08. The van der Waals surface area contributed by atoms with Crippen LogP contribution in [0.4, 0.5) is 5.82 Å². The Morgan fingerprint density at radius 1 is 1.15 bits per heavy atom. The lowest BCUT2D eigenvalue weighted by atomic mass is 9.98. The molecule has 6 nitrogen and oxygen atoms in total. The summed E-state index contributed by atoms with van der Waals surface area (Å²) in [6.45, 7) is 3.55. The first kappa shape index (κ1) is 17.7. The van der Waals surface area contributed by atoms with Crippen LogP contribution in [-0.2, 0) is 6.61 Å². The Kier molecular flexibility index (Phi) is 5.04. The lowest BCUT2D eigenvalue weighted by molar-refractivity contribution is 0.234. The molecule has 0 aliphatic heterocycles. The van der Waals surface area contributed by atoms with E-state index in [-0.39, 0.29) is 11.5 Å². The van der Waals surface area contributed by atoms with E-state index in [1.165, 1.54) is 0 Å². The van der Waals surface area contributed by atoms with Crippen molar-refractivity contribution in [2.24, 2.45) is 0 Å². The predicted molar refractivity (Wildman–Crippen MR) is 98.2 cm³/mol. The molecule has 0 fully saturated rings. The highest BCUT2D eigenvalue weighted by Gasteiger charge is 2.24. The monoisotopic (exact) mass is 352 g/mol. The smallest absolute Gasteiger partial charge is 0.227 e. The molecule has 2 aromatic heterocycles. The number of benzene rings is 1. The van der Waals surface area contributed by atoms with E-state index in [1.54, 1.807) is 18.3 Å². The summed E-state index contributed by atoms with van der Waals surface area (Å²) in [7, 11) is 0. The zero-order valence-electron chi connectivity index (χ0n) is 14.6. The van der Waals surface area contributed by atoms with Crippen molar-refractivity contribution < 1.29 is 14.6 Å². The molecule has 26 heavy (non-hydrogen) atoms. The van der Waals surface area contributed by atoms with Gasteiger partial charge in [-0.2, -0.15) is 0 Å². The molecule has 134 valence electrons. The molecule has 2 heterocycles. The van der Waals surface area contributed by atoms with Gasteiger partial charge in [0.05, 0.1) is 0 Å². The van der Waals surface area contributed by atoms with Gasteiger partial charge in [0.1, 0.15) is 24.2 Å². The maximum absolute atomic E-state index is 12.1. The lowest BCUT2D eigenvalue weighted by Crippen LogP contribution is -2.17. The predicted octanol–water partition coefficient (Wildman–Crippen LogP) is 3.05. The van der Waals surface area contributed by atoms with E-state index < -0.39 is 23.8 Å². The van der Waals surface area contributed by atoms with Gasteiger partial charge >= 0.3 is 0 Å². The van der Waals surface area contributed by atoms with E-state index in [2.05, 4.69) is 10.3 Å². The summed E-state index contributed by atoms with van der Waals surface area (Å²) in [5, 5.41) is 22.8. The van der Waals surface area contributed by atoms with Crippen LogP contribution < -0.4 is 10.7 Å². The van der Waals surface area contributed by atoms with Crippen LogP contribution in [-0.4, -0.2) is 15.2 Å². The van der Waals surface area contributed by atoms with Gasteiger partial charge in [0.25, 0.3) is 0 Å². The average Bonchev–Trinajstić information content (AvgIpc) is 2.65. The van der Waals surface area contributed by atoms with E-state index in [0.717, 1.165) is 22.8 Å². The molecule has 3 rings (SSSR count). The zero-order valence-corrected chi connectivity index (χ0v) is 14.6. The number of pyridine rings is 1. The van der Waals surface area contributed by atoms with Crippen molar-refractivity contribution in [3.05, 3.63) is 87.1 Å². The molecule has 0 saturated carbocycles. The van der Waals surface area contributed by atoms with Crippen LogP contribution in [0.5, 0.6) is 5.75 Å². The number of aromatic nitrogens is 1. The molecule has 0 radical (unpaired) electrons. The first-order valence-corrected chi connectivity index (χ1v) is 8.21. The van der Waals surface area contributed by atoms with Gasteiger partial charge in [0, 0.05) is 12.3 Å². The van der Waals surface area contributed by atoms with Crippen LogP contribution >= 0.6 is 0 Å². The molecule has 1 unspecified atom stereocenters. The van der Waals surface area contributed by atoms with Crippen molar-refractivity contribution in [2.45, 2.75) is 26.5 Å². The molecule has 0 aliphatic rings. The van der Waals surface area contributed by atoms with Crippen molar-refractivity contribution in [2.75, 3.05) is 5.32 Å². The molecule has 0 saturated heterocycles. The Bertz CT molecular complexity index is 967. The standard InChI is InChI=1S/C20H20N2O4/c1-12-6-7-14(9-13(12)2)18(22-17-5-3-4-8-21-17)20-19(25)16(24)10-15(11-23)26-20/h3-10,18,23,25H,11H2,1-2H3,(H,21,22). The third kappa shape index (κ3) is 3.60. The highest BCUT2D eigenvalue weighted by atomic mass is 16.4. The number of nitrogens with zero attached hydrogens (tertiary/aromatic N) is 1. The van der Waals surface area contributed by atoms with Gasteiger partial charge in [-0.05, 0) is 42.7 Å². The SMILES string of the molecule is Cc1ccc(C(Nc2ccccn2)c2oc(CO)cc(=O)c2O)cc1C. The molecular weight excluding hydrogens is 332 g/mol. The van der Waals surface area contributed by atoms with Crippen molar-refractivity contribution in [3.8, 4) is 5.75 Å². The van der Waals surface area contributed by atoms with Gasteiger partial charge in [0.2, 0.25) is 11.2 Å². The van der Waals surface area contributed by atoms with Crippen LogP contribution in [0, 0.1) is 13.8 Å². The summed E-state index contributed by atoms with van der Waals surface area (Å²) in [6.07, 6.45) is 1.64. The van der Waals surface area contributed by atoms with Crippen LogP contribution in [0.2, 0.25) is 0 Å². The van der Waals surface area contributed by atoms with Crippen LogP contribution in [0.1, 0.15) is 34.3 Å². The number of nitrogens with one attached hydrogen (secondary N) is 1. The summed E-state index contributed by atoms with van der Waals surface area (Å²) >= 11 is 0. The molecule has 0 spiro atoms. The summed E-state index contributed by atoms with van der Waals surface area (Å²) in [5.41, 5.74) is 2.38. The number of aliphatic hydroxyl groups is 1. The van der Waals surface area contributed by atoms with Crippen molar-refractivity contribution in [3.63, 3.8) is 0 Å². The zero-order chi connectivity index (χ0) is 18.7. The topological polar surface area (TPSA) is 95.6 Å². The first-order valence-electron chi connectivity index (χ1n) is 8.21. The average molecular weight is 352 g/mol. The third-order valence-electron chi connectivity index (χ3n) is 4.24. The fourth-order valence-corrected chi connectivity index (χ4v) is 2.67. The van der Waals surface area contributed by atoms with E-state index in [4.69, 9.17) is 4.42 Å². The number of aliphatic hydroxyl groups excluding tert-OH is 1. The molecule has 1 aromatic carbocycles. The minimum Gasteiger partial charge on any atom is -0.502 e. The Morgan fingerprint density at radius 3 is 2.62 bits per heavy atom. The summed E-state index contributed by atoms with van der Waals surface area (Å²) in [6, 6.07) is 11.6. The Balaban J connectivity index is 2.16. The van der Waals surface area contributed by atoms with E-state index >= 15 is 0 Å². The fraction of sp³-hybridized carbons (Fsp3) is 0.200. The van der Waals surface area contributed by atoms with E-state index in [1.807, 2.05) is 38.1 Å². The Labute approximate surface area is 150 Å². The summed E-state index contributed by atoms with van der Waals surface area (Å²) in [4.78, 5) is 16.3. The normalized spacial score (nSPS) is 12.0. The highest BCUT2D eigenvalue weighted by molar-refractivity contribution is 5.46. The van der Waals surface area contributed by atoms with Gasteiger partial charge in [-0.3, -0.25) is 4.79 Å². The second-order valence-corrected chi connectivity index (χ2v) is 6.08. The van der Waals surface area contributed by atoms with Gasteiger partial charge in [-0.1, -0.05) is 24.3 Å². The van der Waals surface area contributed by atoms with Crippen LogP contribution in [0.3, 0.4) is 0 Å². The van der Waals surface area contributed by atoms with Crippen LogP contribution in [0.15, 0.2) is 57.9 Å². The van der Waals surface area contributed by atoms with E-state index in [9.17, 15) is 15.0 Å². The molecule has 0 aliphatic carbocycles. The first-order chi connectivity index (χ1) is 12.5. The molecule has 3 N–H and O–H groups in total. The second kappa shape index (κ2) is 7.41. The van der Waals surface area contributed by atoms with E-state index in [0.29, 0.717) is 5.82 Å². The minimum absolute atomic E-state index is 0.0375. The van der Waals surface area contributed by atoms with Crippen molar-refractivity contribution in [1.29, 1.82) is 0 Å². The van der Waals surface area contributed by atoms with Gasteiger partial charge in [-0.15, -0.1) is 0 Å². The van der Waals surface area contributed by atoms with Crippen LogP contribution in [0.25, 0.3) is 0 Å². The van der Waals surface area contributed by atoms with Crippen molar-refractivity contribution >= 4 is 5.82 Å². The maximum Gasteiger partial charge on any atom is 0.227 e. The number of rotatable bonds is 5. The van der Waals surface area contributed by atoms with Gasteiger partial charge in [0.15, 0.2) is 5.76 Å². The molecule has 6 heteroatoms. The fourth-order valence-electron chi connectivity index (χ4n) is 2.67. The Hall–Kier alpha value is -3.12. The molecular formula is C20H20N2O4. The largest absolute Gasteiger partial charge is 0.502 e. The quantitative estimate of drug-likeness (QED) is 0.653. The molecule has 0 bridgehead atoms. The van der Waals surface area contributed by atoms with Gasteiger partial charge < -0.3 is 19.9 Å². The summed E-state index contributed by atoms with van der Waals surface area (Å²) in [5.74, 6) is 0.191. The number of aromatic hydroxyl groups is 1. The van der Waals surface area contributed by atoms with Crippen molar-refractivity contribution in [1.82, 2.24) is 4.98 Å². The highest BCUT2D eigenvalue weighted by Crippen LogP contribution is 2.32. The number of hydrogen-bond donors (Lipinski definition) is 3. The lowest BCUT2D eigenvalue weighted by Gasteiger charge is -2.21. The number of aryl methyl sites for hydroxylation is 2. The number of hydrogen-bond acceptors (Lipinski definition) is 6. The molecule has 0 amide bonds. The molecule has 3 aromatic rings. The van der Waals surface area contributed by atoms with Gasteiger partial charge in [-0.25, -0.2) is 4.98 Å². The third-order valence-corrected chi connectivity index (χ3v) is 4.24. The minimum atomic E-state index is -0.650. The molecule has 1 atom stereocenters.